The molecule has 0 unspecified atom stereocenters. The molecular weight excluding hydrogens is 490 g/mol. The number of hydrogen-bond donors (Lipinski definition) is 2. The summed E-state index contributed by atoms with van der Waals surface area (Å²) in [6.07, 6.45) is 5.84. The van der Waals surface area contributed by atoms with E-state index in [9.17, 15) is 4.79 Å². The fourth-order valence-electron chi connectivity index (χ4n) is 5.61. The predicted octanol–water partition coefficient (Wildman–Crippen LogP) is 3.17. The van der Waals surface area contributed by atoms with Crippen LogP contribution in [-0.2, 0) is 18.5 Å². The number of fused-ring (bicyclic) bond motifs is 2. The Bertz CT molecular complexity index is 1580. The summed E-state index contributed by atoms with van der Waals surface area (Å²) in [5.41, 5.74) is 10.7. The van der Waals surface area contributed by atoms with Crippen LogP contribution in [0.25, 0.3) is 16.9 Å². The maximum Gasteiger partial charge on any atom is 0.278 e. The van der Waals surface area contributed by atoms with Gasteiger partial charge in [-0.1, -0.05) is 19.1 Å². The smallest absolute Gasteiger partial charge is 0.278 e. The molecule has 2 aliphatic rings. The molecule has 3 N–H and O–H groups in total. The highest BCUT2D eigenvalue weighted by Crippen LogP contribution is 2.36. The van der Waals surface area contributed by atoms with E-state index in [1.54, 1.807) is 21.6 Å². The van der Waals surface area contributed by atoms with Gasteiger partial charge < -0.3 is 20.9 Å². The molecule has 4 aromatic rings. The first kappa shape index (κ1) is 25.3. The van der Waals surface area contributed by atoms with Crippen LogP contribution in [0.4, 0.5) is 17.3 Å². The Kier molecular flexibility index (Phi) is 6.44. The lowest BCUT2D eigenvalue weighted by atomic mass is 9.94. The SMILES string of the molecule is C=CCn1c(=O)c2cnc(Nc3ccc(N4CCN(C)CC4)cc3)nc2n1-c1ccc2c(n1)[C@@](N)(CC)CC2. The van der Waals surface area contributed by atoms with E-state index in [-0.39, 0.29) is 5.56 Å². The molecule has 3 aromatic heterocycles. The highest BCUT2D eigenvalue weighted by atomic mass is 16.1. The van der Waals surface area contributed by atoms with Gasteiger partial charge in [-0.15, -0.1) is 6.58 Å². The molecule has 0 spiro atoms. The first-order valence-corrected chi connectivity index (χ1v) is 13.6. The van der Waals surface area contributed by atoms with Crippen molar-refractivity contribution in [2.75, 3.05) is 43.4 Å². The van der Waals surface area contributed by atoms with Gasteiger partial charge in [-0.2, -0.15) is 4.98 Å². The van der Waals surface area contributed by atoms with Crippen molar-refractivity contribution in [2.45, 2.75) is 38.3 Å². The summed E-state index contributed by atoms with van der Waals surface area (Å²) >= 11 is 0. The molecule has 1 saturated heterocycles. The molecule has 0 radical (unpaired) electrons. The predicted molar refractivity (Wildman–Crippen MR) is 155 cm³/mol. The van der Waals surface area contributed by atoms with Crippen LogP contribution >= 0.6 is 0 Å². The number of pyridine rings is 1. The topological polar surface area (TPSA) is 110 Å². The van der Waals surface area contributed by atoms with Crippen molar-refractivity contribution >= 4 is 28.4 Å². The number of aryl methyl sites for hydroxylation is 1. The molecule has 10 heteroatoms. The van der Waals surface area contributed by atoms with E-state index in [0.29, 0.717) is 29.3 Å². The van der Waals surface area contributed by atoms with Crippen molar-refractivity contribution in [3.05, 3.63) is 76.9 Å². The Morgan fingerprint density at radius 2 is 1.87 bits per heavy atom. The van der Waals surface area contributed by atoms with Gasteiger partial charge >= 0.3 is 0 Å². The van der Waals surface area contributed by atoms with Gasteiger partial charge in [0.05, 0.1) is 17.8 Å². The number of likely N-dealkylation sites (N-methyl/N-ethyl adjacent to an activating group) is 1. The first-order chi connectivity index (χ1) is 18.9. The number of hydrogen-bond acceptors (Lipinski definition) is 8. The third kappa shape index (κ3) is 4.49. The Hall–Kier alpha value is -4.02. The van der Waals surface area contributed by atoms with E-state index in [2.05, 4.69) is 58.9 Å². The summed E-state index contributed by atoms with van der Waals surface area (Å²) in [6.45, 7) is 10.4. The Morgan fingerprint density at radius 1 is 1.10 bits per heavy atom. The molecule has 39 heavy (non-hydrogen) atoms. The fraction of sp³-hybridized carbons (Fsp3) is 0.379. The third-order valence-corrected chi connectivity index (χ3v) is 8.09. The average Bonchev–Trinajstić information content (AvgIpc) is 3.43. The number of nitrogens with one attached hydrogen (secondary N) is 1. The number of allylic oxidation sites excluding steroid dienone is 1. The van der Waals surface area contributed by atoms with Gasteiger partial charge in [-0.3, -0.25) is 4.79 Å². The lowest BCUT2D eigenvalue weighted by Crippen LogP contribution is -2.44. The molecule has 1 atom stereocenters. The Morgan fingerprint density at radius 3 is 2.59 bits per heavy atom. The molecule has 4 heterocycles. The van der Waals surface area contributed by atoms with Crippen LogP contribution < -0.4 is 21.5 Å². The quantitative estimate of drug-likeness (QED) is 0.354. The van der Waals surface area contributed by atoms with Gasteiger partial charge in [-0.25, -0.2) is 19.3 Å². The molecule has 10 nitrogen and oxygen atoms in total. The van der Waals surface area contributed by atoms with Crippen LogP contribution in [0, 0.1) is 0 Å². The van der Waals surface area contributed by atoms with Crippen molar-refractivity contribution in [2.24, 2.45) is 5.73 Å². The van der Waals surface area contributed by atoms with Gasteiger partial charge in [0.2, 0.25) is 5.95 Å². The van der Waals surface area contributed by atoms with Crippen molar-refractivity contribution in [1.29, 1.82) is 0 Å². The summed E-state index contributed by atoms with van der Waals surface area (Å²) in [5, 5.41) is 3.72. The average molecular weight is 526 g/mol. The normalized spacial score (nSPS) is 19.4. The standard InChI is InChI=1S/C29H35N9O/c1-4-14-37-27(39)23-19-31-28(32-21-7-9-22(10-8-21)36-17-15-35(3)16-18-36)34-26(23)38(37)24-11-6-20-12-13-29(30,5-2)25(20)33-24/h4,6-11,19H,1,5,12-18,30H2,2-3H3,(H,31,32,34)/t29-/m1/s1. The number of piperazine rings is 1. The van der Waals surface area contributed by atoms with Gasteiger partial charge in [0.25, 0.3) is 5.56 Å². The molecule has 0 amide bonds. The fourth-order valence-corrected chi connectivity index (χ4v) is 5.61. The van der Waals surface area contributed by atoms with Gasteiger partial charge in [0, 0.05) is 43.8 Å². The summed E-state index contributed by atoms with van der Waals surface area (Å²) in [4.78, 5) is 32.3. The first-order valence-electron chi connectivity index (χ1n) is 13.6. The summed E-state index contributed by atoms with van der Waals surface area (Å²) in [5.74, 6) is 1.01. The zero-order valence-corrected chi connectivity index (χ0v) is 22.6. The maximum absolute atomic E-state index is 13.3. The molecule has 6 rings (SSSR count). The number of anilines is 3. The van der Waals surface area contributed by atoms with E-state index in [4.69, 9.17) is 15.7 Å². The van der Waals surface area contributed by atoms with Crippen LogP contribution in [0.1, 0.15) is 31.0 Å². The van der Waals surface area contributed by atoms with Crippen LogP contribution in [0.3, 0.4) is 0 Å². The van der Waals surface area contributed by atoms with E-state index >= 15 is 0 Å². The zero-order valence-electron chi connectivity index (χ0n) is 22.6. The lowest BCUT2D eigenvalue weighted by Gasteiger charge is -2.34. The molecule has 1 aromatic carbocycles. The van der Waals surface area contributed by atoms with Gasteiger partial charge in [0.15, 0.2) is 11.5 Å². The molecule has 1 aliphatic carbocycles. The number of nitrogens with zero attached hydrogens (tertiary/aromatic N) is 7. The van der Waals surface area contributed by atoms with E-state index < -0.39 is 5.54 Å². The van der Waals surface area contributed by atoms with Crippen LogP contribution in [0.15, 0.2) is 60.0 Å². The minimum Gasteiger partial charge on any atom is -0.369 e. The lowest BCUT2D eigenvalue weighted by molar-refractivity contribution is 0.313. The van der Waals surface area contributed by atoms with Crippen molar-refractivity contribution in [3.8, 4) is 5.82 Å². The van der Waals surface area contributed by atoms with Crippen molar-refractivity contribution < 1.29 is 0 Å². The highest BCUT2D eigenvalue weighted by molar-refractivity contribution is 5.77. The number of aromatic nitrogens is 5. The number of nitrogens with two attached hydrogens (primary N) is 1. The second kappa shape index (κ2) is 9.94. The Balaban J connectivity index is 1.36. The number of rotatable bonds is 7. The molecule has 0 bridgehead atoms. The minimum atomic E-state index is -0.462. The molecular formula is C29H35N9O. The van der Waals surface area contributed by atoms with Crippen molar-refractivity contribution in [1.82, 2.24) is 29.2 Å². The van der Waals surface area contributed by atoms with Crippen molar-refractivity contribution in [3.63, 3.8) is 0 Å². The monoisotopic (exact) mass is 525 g/mol. The molecule has 1 fully saturated rings. The zero-order chi connectivity index (χ0) is 27.1. The second-order valence-corrected chi connectivity index (χ2v) is 10.6. The highest BCUT2D eigenvalue weighted by Gasteiger charge is 2.35. The minimum absolute atomic E-state index is 0.190. The van der Waals surface area contributed by atoms with E-state index in [0.717, 1.165) is 62.4 Å². The third-order valence-electron chi connectivity index (χ3n) is 8.09. The molecule has 202 valence electrons. The summed E-state index contributed by atoms with van der Waals surface area (Å²) < 4.78 is 3.35. The summed E-state index contributed by atoms with van der Waals surface area (Å²) in [7, 11) is 2.16. The van der Waals surface area contributed by atoms with Crippen LogP contribution in [0.2, 0.25) is 0 Å². The molecule has 1 aliphatic heterocycles. The Labute approximate surface area is 227 Å². The van der Waals surface area contributed by atoms with E-state index in [1.165, 1.54) is 5.69 Å². The molecule has 0 saturated carbocycles. The maximum atomic E-state index is 13.3. The van der Waals surface area contributed by atoms with Crippen LogP contribution in [-0.4, -0.2) is 62.4 Å². The van der Waals surface area contributed by atoms with Gasteiger partial charge in [0.1, 0.15) is 5.39 Å². The van der Waals surface area contributed by atoms with E-state index in [1.807, 2.05) is 18.2 Å². The van der Waals surface area contributed by atoms with Gasteiger partial charge in [-0.05, 0) is 62.2 Å². The van der Waals surface area contributed by atoms with Crippen LogP contribution in [0.5, 0.6) is 0 Å². The summed E-state index contributed by atoms with van der Waals surface area (Å²) in [6, 6.07) is 12.3. The number of benzene rings is 1. The second-order valence-electron chi connectivity index (χ2n) is 10.6. The largest absolute Gasteiger partial charge is 0.369 e.